The van der Waals surface area contributed by atoms with Crippen LogP contribution in [-0.4, -0.2) is 95.2 Å². The van der Waals surface area contributed by atoms with E-state index < -0.39 is 10.0 Å². The first-order valence-electron chi connectivity index (χ1n) is 10.7. The Labute approximate surface area is 175 Å². The van der Waals surface area contributed by atoms with Gasteiger partial charge in [-0.25, -0.2) is 13.1 Å². The van der Waals surface area contributed by atoms with Crippen LogP contribution in [-0.2, 0) is 14.8 Å². The van der Waals surface area contributed by atoms with Crippen molar-refractivity contribution in [1.82, 2.24) is 25.2 Å². The van der Waals surface area contributed by atoms with Gasteiger partial charge >= 0.3 is 0 Å². The number of aliphatic imine (C=N–C) groups is 1. The van der Waals surface area contributed by atoms with Gasteiger partial charge in [0.1, 0.15) is 0 Å². The molecule has 1 amide bonds. The smallest absolute Gasteiger partial charge is 0.236 e. The zero-order valence-corrected chi connectivity index (χ0v) is 18.9. The number of likely N-dealkylation sites (tertiary alicyclic amines) is 1. The van der Waals surface area contributed by atoms with Crippen molar-refractivity contribution in [3.8, 4) is 0 Å². The third-order valence-electron chi connectivity index (χ3n) is 5.58. The molecule has 2 aliphatic rings. The van der Waals surface area contributed by atoms with Crippen molar-refractivity contribution in [3.05, 3.63) is 0 Å². The Bertz CT molecular complexity index is 640. The highest BCUT2D eigenvalue weighted by Gasteiger charge is 2.22. The summed E-state index contributed by atoms with van der Waals surface area (Å²) in [7, 11) is 0.276. The number of likely N-dealkylation sites (N-methyl/N-ethyl adjacent to an activating group) is 1. The van der Waals surface area contributed by atoms with E-state index in [0.717, 1.165) is 38.8 Å². The third kappa shape index (κ3) is 8.88. The minimum absolute atomic E-state index is 0.00137. The van der Waals surface area contributed by atoms with Gasteiger partial charge in [-0.05, 0) is 38.5 Å². The summed E-state index contributed by atoms with van der Waals surface area (Å²) in [5, 5.41) is 6.60. The lowest BCUT2D eigenvalue weighted by molar-refractivity contribution is -0.130. The average molecular weight is 431 g/mol. The molecule has 2 rings (SSSR count). The Hall–Kier alpha value is -1.39. The van der Waals surface area contributed by atoms with Crippen LogP contribution in [0, 0.1) is 5.92 Å². The Morgan fingerprint density at radius 2 is 1.86 bits per heavy atom. The predicted octanol–water partition coefficient (Wildman–Crippen LogP) is -0.186. The van der Waals surface area contributed by atoms with Crippen LogP contribution in [0.4, 0.5) is 0 Å². The molecule has 1 saturated heterocycles. The van der Waals surface area contributed by atoms with Crippen molar-refractivity contribution in [3.63, 3.8) is 0 Å². The maximum atomic E-state index is 12.1. The van der Waals surface area contributed by atoms with E-state index in [1.165, 1.54) is 6.42 Å². The highest BCUT2D eigenvalue weighted by molar-refractivity contribution is 7.89. The quantitative estimate of drug-likeness (QED) is 0.328. The normalized spacial score (nSPS) is 19.6. The van der Waals surface area contributed by atoms with Crippen LogP contribution in [0.1, 0.15) is 39.0 Å². The van der Waals surface area contributed by atoms with E-state index in [1.807, 2.05) is 6.92 Å². The molecule has 0 bridgehead atoms. The van der Waals surface area contributed by atoms with Gasteiger partial charge in [0.25, 0.3) is 0 Å². The van der Waals surface area contributed by atoms with Crippen LogP contribution in [0.3, 0.4) is 0 Å². The molecule has 0 atom stereocenters. The Morgan fingerprint density at radius 3 is 2.41 bits per heavy atom. The van der Waals surface area contributed by atoms with E-state index in [0.29, 0.717) is 31.5 Å². The monoisotopic (exact) mass is 430 g/mol. The van der Waals surface area contributed by atoms with E-state index in [9.17, 15) is 13.2 Å². The predicted molar refractivity (Wildman–Crippen MR) is 116 cm³/mol. The van der Waals surface area contributed by atoms with Gasteiger partial charge in [-0.15, -0.1) is 0 Å². The fourth-order valence-corrected chi connectivity index (χ4v) is 4.34. The van der Waals surface area contributed by atoms with E-state index in [-0.39, 0.29) is 24.2 Å². The molecule has 0 unspecified atom stereocenters. The minimum Gasteiger partial charge on any atom is -0.357 e. The van der Waals surface area contributed by atoms with Gasteiger partial charge in [0.15, 0.2) is 5.96 Å². The minimum atomic E-state index is -3.28. The maximum absolute atomic E-state index is 12.1. The molecule has 10 heteroatoms. The zero-order chi connectivity index (χ0) is 21.3. The van der Waals surface area contributed by atoms with E-state index in [1.54, 1.807) is 19.0 Å². The fraction of sp³-hybridized carbons (Fsp3) is 0.895. The first-order valence-corrected chi connectivity index (χ1v) is 12.4. The van der Waals surface area contributed by atoms with Gasteiger partial charge < -0.3 is 15.5 Å². The van der Waals surface area contributed by atoms with Gasteiger partial charge in [-0.2, -0.15) is 0 Å². The van der Waals surface area contributed by atoms with E-state index >= 15 is 0 Å². The molecule has 1 aliphatic carbocycles. The number of piperidine rings is 1. The molecule has 168 valence electrons. The lowest BCUT2D eigenvalue weighted by Crippen LogP contribution is -2.50. The molecule has 0 spiro atoms. The van der Waals surface area contributed by atoms with Crippen molar-refractivity contribution in [2.24, 2.45) is 10.9 Å². The van der Waals surface area contributed by atoms with Gasteiger partial charge in [0.05, 0.1) is 18.8 Å². The maximum Gasteiger partial charge on any atom is 0.236 e. The number of sulfonamides is 1. The summed E-state index contributed by atoms with van der Waals surface area (Å²) < 4.78 is 26.9. The van der Waals surface area contributed by atoms with Crippen LogP contribution in [0.5, 0.6) is 0 Å². The molecule has 1 saturated carbocycles. The Balaban J connectivity index is 1.73. The second-order valence-electron chi connectivity index (χ2n) is 8.21. The summed E-state index contributed by atoms with van der Waals surface area (Å²) in [6, 6.07) is 0.270. The molecule has 29 heavy (non-hydrogen) atoms. The summed E-state index contributed by atoms with van der Waals surface area (Å²) in [6.45, 7) is 5.66. The number of nitrogens with zero attached hydrogens (tertiary/aromatic N) is 3. The molecule has 0 aromatic rings. The molecule has 0 aromatic heterocycles. The second kappa shape index (κ2) is 11.7. The SMILES string of the molecule is CCNC(=NCCS(=O)(=O)NCC1CCC1)NC1CCN(CC(=O)N(C)C)CC1. The lowest BCUT2D eigenvalue weighted by Gasteiger charge is -2.33. The van der Waals surface area contributed by atoms with Crippen LogP contribution in [0.2, 0.25) is 0 Å². The molecular weight excluding hydrogens is 392 g/mol. The van der Waals surface area contributed by atoms with Crippen molar-refractivity contribution in [2.45, 2.75) is 45.1 Å². The number of carbonyl (C=O) groups is 1. The van der Waals surface area contributed by atoms with Gasteiger partial charge in [0.2, 0.25) is 15.9 Å². The lowest BCUT2D eigenvalue weighted by atomic mass is 9.86. The molecule has 3 N–H and O–H groups in total. The summed E-state index contributed by atoms with van der Waals surface area (Å²) in [5.74, 6) is 1.29. The Morgan fingerprint density at radius 1 is 1.17 bits per heavy atom. The number of guanidine groups is 1. The summed E-state index contributed by atoms with van der Waals surface area (Å²) in [6.07, 6.45) is 5.30. The fourth-order valence-electron chi connectivity index (χ4n) is 3.37. The van der Waals surface area contributed by atoms with Crippen LogP contribution in [0.25, 0.3) is 0 Å². The van der Waals surface area contributed by atoms with Crippen LogP contribution >= 0.6 is 0 Å². The molecule has 0 radical (unpaired) electrons. The van der Waals surface area contributed by atoms with Gasteiger partial charge in [0, 0.05) is 46.3 Å². The summed E-state index contributed by atoms with van der Waals surface area (Å²) in [5.41, 5.74) is 0. The van der Waals surface area contributed by atoms with Gasteiger partial charge in [-0.1, -0.05) is 6.42 Å². The Kier molecular flexibility index (Phi) is 9.64. The molecule has 1 heterocycles. The average Bonchev–Trinajstić information content (AvgIpc) is 2.61. The van der Waals surface area contributed by atoms with Crippen molar-refractivity contribution >= 4 is 21.9 Å². The largest absolute Gasteiger partial charge is 0.357 e. The molecule has 0 aromatic carbocycles. The zero-order valence-electron chi connectivity index (χ0n) is 18.1. The standard InChI is InChI=1S/C19H38N6O3S/c1-4-20-19(21-10-13-29(27,28)22-14-16-6-5-7-16)23-17-8-11-25(12-9-17)15-18(26)24(2)3/h16-17,22H,4-15H2,1-3H3,(H2,20,21,23). The number of amides is 1. The van der Waals surface area contributed by atoms with E-state index in [2.05, 4.69) is 25.2 Å². The number of hydrogen-bond acceptors (Lipinski definition) is 5. The molecule has 2 fully saturated rings. The number of nitrogens with one attached hydrogen (secondary N) is 3. The topological polar surface area (TPSA) is 106 Å². The van der Waals surface area contributed by atoms with Crippen molar-refractivity contribution < 1.29 is 13.2 Å². The number of carbonyl (C=O) groups excluding carboxylic acids is 1. The molecular formula is C19H38N6O3S. The number of rotatable bonds is 10. The third-order valence-corrected chi connectivity index (χ3v) is 6.90. The van der Waals surface area contributed by atoms with Crippen LogP contribution in [0.15, 0.2) is 4.99 Å². The van der Waals surface area contributed by atoms with Crippen LogP contribution < -0.4 is 15.4 Å². The summed E-state index contributed by atoms with van der Waals surface area (Å²) in [4.78, 5) is 20.1. The second-order valence-corrected chi connectivity index (χ2v) is 10.1. The molecule has 1 aliphatic heterocycles. The van der Waals surface area contributed by atoms with Gasteiger partial charge in [-0.3, -0.25) is 14.7 Å². The van der Waals surface area contributed by atoms with E-state index in [4.69, 9.17) is 0 Å². The summed E-state index contributed by atoms with van der Waals surface area (Å²) >= 11 is 0. The number of hydrogen-bond donors (Lipinski definition) is 3. The van der Waals surface area contributed by atoms with Crippen molar-refractivity contribution in [1.29, 1.82) is 0 Å². The first kappa shape index (κ1) is 23.9. The molecule has 9 nitrogen and oxygen atoms in total. The highest BCUT2D eigenvalue weighted by atomic mass is 32.2. The van der Waals surface area contributed by atoms with Crippen molar-refractivity contribution in [2.75, 3.05) is 59.1 Å². The highest BCUT2D eigenvalue weighted by Crippen LogP contribution is 2.25. The first-order chi connectivity index (χ1) is 13.8.